The quantitative estimate of drug-likeness (QED) is 0.512. The van der Waals surface area contributed by atoms with Crippen LogP contribution in [0.5, 0.6) is 5.75 Å². The van der Waals surface area contributed by atoms with E-state index in [1.165, 1.54) is 28.8 Å². The fourth-order valence-electron chi connectivity index (χ4n) is 4.26. The van der Waals surface area contributed by atoms with Crippen LogP contribution >= 0.6 is 12.4 Å². The topological polar surface area (TPSA) is 61.1 Å². The third kappa shape index (κ3) is 4.13. The zero-order valence-corrected chi connectivity index (χ0v) is 18.5. The molecule has 0 spiro atoms. The molecule has 6 nitrogen and oxygen atoms in total. The van der Waals surface area contributed by atoms with Gasteiger partial charge in [-0.1, -0.05) is 6.07 Å². The van der Waals surface area contributed by atoms with Crippen molar-refractivity contribution in [2.24, 2.45) is 7.05 Å². The number of aromatic nitrogens is 3. The molecule has 5 rings (SSSR count). The Morgan fingerprint density at radius 2 is 1.97 bits per heavy atom. The van der Waals surface area contributed by atoms with E-state index in [4.69, 9.17) is 4.74 Å². The first kappa shape index (κ1) is 22.0. The summed E-state index contributed by atoms with van der Waals surface area (Å²) in [5.41, 5.74) is 5.14. The number of hydrogen-bond acceptors (Lipinski definition) is 4. The molecule has 4 aromatic rings. The van der Waals surface area contributed by atoms with Crippen molar-refractivity contribution in [3.05, 3.63) is 88.0 Å². The van der Waals surface area contributed by atoms with Gasteiger partial charge in [-0.2, -0.15) is 0 Å². The Balaban J connectivity index is 0.00000245. The molecular formula is C24H24ClFN4O2. The first-order valence-electron chi connectivity index (χ1n) is 10.4. The number of halogens is 2. The van der Waals surface area contributed by atoms with Crippen molar-refractivity contribution in [3.63, 3.8) is 0 Å². The Morgan fingerprint density at radius 1 is 1.12 bits per heavy atom. The molecule has 0 bridgehead atoms. The summed E-state index contributed by atoms with van der Waals surface area (Å²) in [6.45, 7) is 2.14. The van der Waals surface area contributed by atoms with E-state index in [9.17, 15) is 9.18 Å². The molecule has 0 radical (unpaired) electrons. The summed E-state index contributed by atoms with van der Waals surface area (Å²) in [7, 11) is 2.10. The Kier molecular flexibility index (Phi) is 6.30. The highest BCUT2D eigenvalue weighted by Gasteiger charge is 2.17. The fourth-order valence-corrected chi connectivity index (χ4v) is 4.26. The van der Waals surface area contributed by atoms with Gasteiger partial charge >= 0.3 is 0 Å². The third-order valence-corrected chi connectivity index (χ3v) is 5.86. The van der Waals surface area contributed by atoms with Crippen LogP contribution in [0.2, 0.25) is 0 Å². The standard InChI is InChI=1S/C24H23FN4O2.ClH/c1-28-22-7-10-26-9-6-21(22)20-5-4-18(12-23(20)28)29-11-8-19(13-24(29)30)31-15-17-3-2-16(25)14-27-17;/h2-5,8,11-14,26H,6-7,9-10,15H2,1H3;1H. The third-order valence-electron chi connectivity index (χ3n) is 5.86. The summed E-state index contributed by atoms with van der Waals surface area (Å²) in [6, 6.07) is 12.3. The monoisotopic (exact) mass is 454 g/mol. The number of nitrogens with zero attached hydrogens (tertiary/aromatic N) is 3. The summed E-state index contributed by atoms with van der Waals surface area (Å²) in [6.07, 6.45) is 4.88. The second kappa shape index (κ2) is 9.14. The highest BCUT2D eigenvalue weighted by Crippen LogP contribution is 2.29. The maximum atomic E-state index is 13.0. The van der Waals surface area contributed by atoms with Crippen LogP contribution in [0.25, 0.3) is 16.6 Å². The second-order valence-electron chi connectivity index (χ2n) is 7.76. The highest BCUT2D eigenvalue weighted by molar-refractivity contribution is 5.87. The number of rotatable bonds is 4. The van der Waals surface area contributed by atoms with E-state index in [1.54, 1.807) is 22.9 Å². The van der Waals surface area contributed by atoms with Crippen LogP contribution in [-0.2, 0) is 26.5 Å². The largest absolute Gasteiger partial charge is 0.487 e. The van der Waals surface area contributed by atoms with Gasteiger partial charge in [0.1, 0.15) is 18.2 Å². The van der Waals surface area contributed by atoms with E-state index in [-0.39, 0.29) is 24.6 Å². The summed E-state index contributed by atoms with van der Waals surface area (Å²) in [5.74, 6) is 0.0566. The SMILES string of the molecule is Cl.Cn1c2c(c3ccc(-n4ccc(OCc5ccc(F)cn5)cc4=O)cc31)CCNCC2. The van der Waals surface area contributed by atoms with Gasteiger partial charge in [0.15, 0.2) is 0 Å². The van der Waals surface area contributed by atoms with Gasteiger partial charge in [-0.3, -0.25) is 14.3 Å². The zero-order chi connectivity index (χ0) is 21.4. The average Bonchev–Trinajstić information content (AvgIpc) is 2.93. The minimum atomic E-state index is -0.394. The molecule has 4 heterocycles. The molecule has 0 saturated heterocycles. The van der Waals surface area contributed by atoms with Gasteiger partial charge in [0.2, 0.25) is 0 Å². The Hall–Kier alpha value is -3.16. The smallest absolute Gasteiger partial charge is 0.258 e. The van der Waals surface area contributed by atoms with Crippen molar-refractivity contribution < 1.29 is 9.13 Å². The van der Waals surface area contributed by atoms with Gasteiger partial charge in [0.25, 0.3) is 5.56 Å². The molecule has 0 amide bonds. The molecule has 1 aliphatic rings. The van der Waals surface area contributed by atoms with Crippen molar-refractivity contribution in [1.29, 1.82) is 0 Å². The van der Waals surface area contributed by atoms with E-state index < -0.39 is 5.82 Å². The number of ether oxygens (including phenoxy) is 1. The predicted octanol–water partition coefficient (Wildman–Crippen LogP) is 3.55. The first-order valence-corrected chi connectivity index (χ1v) is 10.4. The molecule has 0 saturated carbocycles. The molecule has 1 N–H and O–H groups in total. The van der Waals surface area contributed by atoms with Crippen LogP contribution < -0.4 is 15.6 Å². The zero-order valence-electron chi connectivity index (χ0n) is 17.7. The van der Waals surface area contributed by atoms with E-state index in [0.717, 1.165) is 43.3 Å². The lowest BCUT2D eigenvalue weighted by atomic mass is 10.1. The van der Waals surface area contributed by atoms with Crippen LogP contribution in [0.4, 0.5) is 4.39 Å². The molecule has 0 unspecified atom stereocenters. The van der Waals surface area contributed by atoms with Gasteiger partial charge in [0.05, 0.1) is 23.1 Å². The summed E-state index contributed by atoms with van der Waals surface area (Å²) in [4.78, 5) is 16.7. The minimum absolute atomic E-state index is 0. The molecule has 32 heavy (non-hydrogen) atoms. The lowest BCUT2D eigenvalue weighted by molar-refractivity contribution is 0.300. The second-order valence-corrected chi connectivity index (χ2v) is 7.76. The van der Waals surface area contributed by atoms with Gasteiger partial charge in [-0.15, -0.1) is 12.4 Å². The average molecular weight is 455 g/mol. The number of fused-ring (bicyclic) bond motifs is 3. The van der Waals surface area contributed by atoms with Gasteiger partial charge in [-0.05, 0) is 48.9 Å². The molecule has 0 fully saturated rings. The summed E-state index contributed by atoms with van der Waals surface area (Å²) < 4.78 is 22.5. The molecule has 1 aliphatic heterocycles. The van der Waals surface area contributed by atoms with Gasteiger partial charge in [-0.25, -0.2) is 4.39 Å². The minimum Gasteiger partial charge on any atom is -0.487 e. The number of pyridine rings is 2. The van der Waals surface area contributed by atoms with Crippen LogP contribution in [0.15, 0.2) is 59.7 Å². The Morgan fingerprint density at radius 3 is 2.75 bits per heavy atom. The predicted molar refractivity (Wildman–Crippen MR) is 125 cm³/mol. The fraction of sp³-hybridized carbons (Fsp3) is 0.250. The van der Waals surface area contributed by atoms with E-state index in [2.05, 4.69) is 34.0 Å². The highest BCUT2D eigenvalue weighted by atomic mass is 35.5. The van der Waals surface area contributed by atoms with E-state index in [1.807, 2.05) is 6.07 Å². The number of aryl methyl sites for hydroxylation is 1. The van der Waals surface area contributed by atoms with Crippen molar-refractivity contribution >= 4 is 23.3 Å². The molecular weight excluding hydrogens is 431 g/mol. The van der Waals surface area contributed by atoms with E-state index >= 15 is 0 Å². The van der Waals surface area contributed by atoms with Crippen molar-refractivity contribution in [2.75, 3.05) is 13.1 Å². The summed E-state index contributed by atoms with van der Waals surface area (Å²) in [5, 5.41) is 4.71. The number of hydrogen-bond donors (Lipinski definition) is 1. The maximum Gasteiger partial charge on any atom is 0.258 e. The van der Waals surface area contributed by atoms with Crippen molar-refractivity contribution in [2.45, 2.75) is 19.4 Å². The molecule has 1 aromatic carbocycles. The lowest BCUT2D eigenvalue weighted by Crippen LogP contribution is -2.17. The molecule has 0 atom stereocenters. The number of benzene rings is 1. The Bertz CT molecular complexity index is 1310. The van der Waals surface area contributed by atoms with E-state index in [0.29, 0.717) is 11.4 Å². The molecule has 3 aromatic heterocycles. The van der Waals surface area contributed by atoms with Crippen molar-refractivity contribution in [3.8, 4) is 11.4 Å². The number of nitrogens with one attached hydrogen (secondary N) is 1. The maximum absolute atomic E-state index is 13.0. The van der Waals surface area contributed by atoms with Crippen LogP contribution in [0.1, 0.15) is 17.0 Å². The lowest BCUT2D eigenvalue weighted by Gasteiger charge is -2.10. The summed E-state index contributed by atoms with van der Waals surface area (Å²) >= 11 is 0. The molecule has 8 heteroatoms. The first-order chi connectivity index (χ1) is 15.1. The normalized spacial score (nSPS) is 13.3. The molecule has 0 aliphatic carbocycles. The Labute approximate surface area is 191 Å². The van der Waals surface area contributed by atoms with Gasteiger partial charge in [0, 0.05) is 43.4 Å². The van der Waals surface area contributed by atoms with Crippen molar-refractivity contribution in [1.82, 2.24) is 19.4 Å². The van der Waals surface area contributed by atoms with Crippen LogP contribution in [-0.4, -0.2) is 27.2 Å². The molecule has 166 valence electrons. The van der Waals surface area contributed by atoms with Crippen LogP contribution in [0, 0.1) is 5.82 Å². The van der Waals surface area contributed by atoms with Gasteiger partial charge < -0.3 is 14.6 Å². The van der Waals surface area contributed by atoms with Crippen LogP contribution in [0.3, 0.4) is 0 Å².